The second-order valence-electron chi connectivity index (χ2n) is 4.62. The number of hydrogen-bond acceptors (Lipinski definition) is 2. The molecule has 1 aliphatic heterocycles. The molecule has 0 saturated heterocycles. The van der Waals surface area contributed by atoms with E-state index >= 15 is 0 Å². The summed E-state index contributed by atoms with van der Waals surface area (Å²) in [6.07, 6.45) is 3.40. The van der Waals surface area contributed by atoms with E-state index in [2.05, 4.69) is 26.0 Å². The maximum Gasteiger partial charge on any atom is 0.123 e. The number of rotatable bonds is 4. The van der Waals surface area contributed by atoms with Gasteiger partial charge in [-0.05, 0) is 17.5 Å². The van der Waals surface area contributed by atoms with Crippen LogP contribution in [0.1, 0.15) is 32.3 Å². The standard InChI is InChI=1S/C14H21NO/c1-3-10(4-2)14(15)13-9-11-7-5-6-8-12(11)16-13/h5-8,10,13-14H,3-4,9,15H2,1-2H3. The van der Waals surface area contributed by atoms with Crippen molar-refractivity contribution in [3.8, 4) is 5.75 Å². The van der Waals surface area contributed by atoms with E-state index in [4.69, 9.17) is 10.5 Å². The van der Waals surface area contributed by atoms with E-state index in [1.165, 1.54) is 5.56 Å². The molecular formula is C14H21NO. The molecule has 0 radical (unpaired) electrons. The van der Waals surface area contributed by atoms with Crippen LogP contribution in [0.5, 0.6) is 5.75 Å². The summed E-state index contributed by atoms with van der Waals surface area (Å²) in [5, 5.41) is 0. The summed E-state index contributed by atoms with van der Waals surface area (Å²) >= 11 is 0. The first-order valence-corrected chi connectivity index (χ1v) is 6.26. The lowest BCUT2D eigenvalue weighted by Gasteiger charge is -2.26. The highest BCUT2D eigenvalue weighted by atomic mass is 16.5. The number of nitrogens with two attached hydrogens (primary N) is 1. The summed E-state index contributed by atoms with van der Waals surface area (Å²) in [5.74, 6) is 1.59. The highest BCUT2D eigenvalue weighted by Crippen LogP contribution is 2.31. The Bertz CT molecular complexity index is 321. The van der Waals surface area contributed by atoms with Crippen LogP contribution in [0.25, 0.3) is 0 Å². The third-order valence-electron chi connectivity index (χ3n) is 3.69. The Hall–Kier alpha value is -1.02. The van der Waals surface area contributed by atoms with Crippen LogP contribution < -0.4 is 10.5 Å². The molecule has 0 amide bonds. The molecule has 2 N–H and O–H groups in total. The van der Waals surface area contributed by atoms with Gasteiger partial charge in [-0.25, -0.2) is 0 Å². The van der Waals surface area contributed by atoms with Gasteiger partial charge in [-0.3, -0.25) is 0 Å². The quantitative estimate of drug-likeness (QED) is 0.845. The Morgan fingerprint density at radius 3 is 2.62 bits per heavy atom. The molecule has 1 heterocycles. The Balaban J connectivity index is 2.05. The second-order valence-corrected chi connectivity index (χ2v) is 4.62. The van der Waals surface area contributed by atoms with Crippen LogP contribution in [0.3, 0.4) is 0 Å². The van der Waals surface area contributed by atoms with Gasteiger partial charge in [0.1, 0.15) is 11.9 Å². The Morgan fingerprint density at radius 2 is 2.00 bits per heavy atom. The summed E-state index contributed by atoms with van der Waals surface area (Å²) in [6, 6.07) is 8.41. The second kappa shape index (κ2) is 4.88. The minimum absolute atomic E-state index is 0.155. The lowest BCUT2D eigenvalue weighted by molar-refractivity contribution is 0.160. The highest BCUT2D eigenvalue weighted by molar-refractivity contribution is 5.37. The van der Waals surface area contributed by atoms with E-state index in [0.29, 0.717) is 5.92 Å². The molecule has 1 aromatic carbocycles. The van der Waals surface area contributed by atoms with Crippen molar-refractivity contribution >= 4 is 0 Å². The zero-order valence-electron chi connectivity index (χ0n) is 10.1. The van der Waals surface area contributed by atoms with Crippen LogP contribution in [-0.4, -0.2) is 12.1 Å². The minimum atomic E-state index is 0.155. The predicted molar refractivity (Wildman–Crippen MR) is 66.6 cm³/mol. The first kappa shape index (κ1) is 11.5. The minimum Gasteiger partial charge on any atom is -0.488 e. The summed E-state index contributed by atoms with van der Waals surface area (Å²) in [6.45, 7) is 4.41. The topological polar surface area (TPSA) is 35.2 Å². The maximum absolute atomic E-state index is 6.30. The largest absolute Gasteiger partial charge is 0.488 e. The molecule has 88 valence electrons. The molecule has 16 heavy (non-hydrogen) atoms. The molecule has 0 saturated carbocycles. The van der Waals surface area contributed by atoms with Crippen molar-refractivity contribution in [1.82, 2.24) is 0 Å². The van der Waals surface area contributed by atoms with Gasteiger partial charge in [0.05, 0.1) is 0 Å². The summed E-state index contributed by atoms with van der Waals surface area (Å²) in [5.41, 5.74) is 7.60. The average Bonchev–Trinajstić information content (AvgIpc) is 2.74. The molecule has 2 atom stereocenters. The van der Waals surface area contributed by atoms with E-state index in [0.717, 1.165) is 25.0 Å². The fourth-order valence-corrected chi connectivity index (χ4v) is 2.56. The molecule has 2 rings (SSSR count). The van der Waals surface area contributed by atoms with Gasteiger partial charge in [0.15, 0.2) is 0 Å². The van der Waals surface area contributed by atoms with E-state index in [9.17, 15) is 0 Å². The van der Waals surface area contributed by atoms with Gasteiger partial charge < -0.3 is 10.5 Å². The van der Waals surface area contributed by atoms with E-state index < -0.39 is 0 Å². The first-order valence-electron chi connectivity index (χ1n) is 6.26. The van der Waals surface area contributed by atoms with Crippen LogP contribution in [0, 0.1) is 5.92 Å². The van der Waals surface area contributed by atoms with Gasteiger partial charge in [-0.1, -0.05) is 44.9 Å². The van der Waals surface area contributed by atoms with Crippen molar-refractivity contribution in [2.75, 3.05) is 0 Å². The third kappa shape index (κ3) is 2.07. The zero-order valence-corrected chi connectivity index (χ0v) is 10.1. The molecule has 2 heteroatoms. The molecule has 2 nitrogen and oxygen atoms in total. The molecule has 0 aromatic heterocycles. The highest BCUT2D eigenvalue weighted by Gasteiger charge is 2.31. The number of ether oxygens (including phenoxy) is 1. The fraction of sp³-hybridized carbons (Fsp3) is 0.571. The molecule has 0 bridgehead atoms. The SMILES string of the molecule is CCC(CC)C(N)C1Cc2ccccc2O1. The average molecular weight is 219 g/mol. The third-order valence-corrected chi connectivity index (χ3v) is 3.69. The monoisotopic (exact) mass is 219 g/mol. The van der Waals surface area contributed by atoms with Gasteiger partial charge >= 0.3 is 0 Å². The number of hydrogen-bond donors (Lipinski definition) is 1. The molecule has 0 spiro atoms. The molecule has 0 aliphatic carbocycles. The number of para-hydroxylation sites is 1. The zero-order chi connectivity index (χ0) is 11.5. The fourth-order valence-electron chi connectivity index (χ4n) is 2.56. The van der Waals surface area contributed by atoms with Gasteiger partial charge in [0, 0.05) is 12.5 Å². The normalized spacial score (nSPS) is 20.6. The predicted octanol–water partition coefficient (Wildman–Crippen LogP) is 2.75. The van der Waals surface area contributed by atoms with Crippen LogP contribution in [0.2, 0.25) is 0 Å². The van der Waals surface area contributed by atoms with Gasteiger partial charge in [-0.2, -0.15) is 0 Å². The maximum atomic E-state index is 6.30. The van der Waals surface area contributed by atoms with Gasteiger partial charge in [0.2, 0.25) is 0 Å². The molecule has 2 unspecified atom stereocenters. The van der Waals surface area contributed by atoms with Crippen molar-refractivity contribution in [1.29, 1.82) is 0 Å². The van der Waals surface area contributed by atoms with Crippen molar-refractivity contribution < 1.29 is 4.74 Å². The number of benzene rings is 1. The summed E-state index contributed by atoms with van der Waals surface area (Å²) < 4.78 is 5.93. The van der Waals surface area contributed by atoms with Crippen LogP contribution in [-0.2, 0) is 6.42 Å². The number of fused-ring (bicyclic) bond motifs is 1. The lowest BCUT2D eigenvalue weighted by atomic mass is 9.89. The molecule has 1 aromatic rings. The van der Waals surface area contributed by atoms with Crippen LogP contribution >= 0.6 is 0 Å². The summed E-state index contributed by atoms with van der Waals surface area (Å²) in [4.78, 5) is 0. The van der Waals surface area contributed by atoms with Crippen molar-refractivity contribution in [2.24, 2.45) is 11.7 Å². The Kier molecular flexibility index (Phi) is 3.49. The van der Waals surface area contributed by atoms with Crippen molar-refractivity contribution in [3.05, 3.63) is 29.8 Å². The van der Waals surface area contributed by atoms with E-state index in [1.54, 1.807) is 0 Å². The molecule has 1 aliphatic rings. The summed E-state index contributed by atoms with van der Waals surface area (Å²) in [7, 11) is 0. The first-order chi connectivity index (χ1) is 7.76. The van der Waals surface area contributed by atoms with Crippen molar-refractivity contribution in [2.45, 2.75) is 45.3 Å². The van der Waals surface area contributed by atoms with E-state index in [1.807, 2.05) is 12.1 Å². The van der Waals surface area contributed by atoms with Gasteiger partial charge in [0.25, 0.3) is 0 Å². The van der Waals surface area contributed by atoms with Crippen LogP contribution in [0.4, 0.5) is 0 Å². The van der Waals surface area contributed by atoms with Gasteiger partial charge in [-0.15, -0.1) is 0 Å². The smallest absolute Gasteiger partial charge is 0.123 e. The molecular weight excluding hydrogens is 198 g/mol. The Morgan fingerprint density at radius 1 is 1.31 bits per heavy atom. The Labute approximate surface area is 97.8 Å². The van der Waals surface area contributed by atoms with E-state index in [-0.39, 0.29) is 12.1 Å². The lowest BCUT2D eigenvalue weighted by Crippen LogP contribution is -2.43. The van der Waals surface area contributed by atoms with Crippen molar-refractivity contribution in [3.63, 3.8) is 0 Å². The molecule has 0 fully saturated rings. The van der Waals surface area contributed by atoms with Crippen LogP contribution in [0.15, 0.2) is 24.3 Å².